The van der Waals surface area contributed by atoms with E-state index < -0.39 is 0 Å². The second-order valence-corrected chi connectivity index (χ2v) is 12.5. The van der Waals surface area contributed by atoms with E-state index in [0.29, 0.717) is 51.3 Å². The second-order valence-electron chi connectivity index (χ2n) is 12.5. The fourth-order valence-electron chi connectivity index (χ4n) is 7.05. The molecule has 3 aliphatic rings. The van der Waals surface area contributed by atoms with Crippen molar-refractivity contribution >= 4 is 28.3 Å². The summed E-state index contributed by atoms with van der Waals surface area (Å²) in [4.78, 5) is 26.1. The van der Waals surface area contributed by atoms with E-state index in [1.54, 1.807) is 7.11 Å². The van der Waals surface area contributed by atoms with Crippen molar-refractivity contribution in [1.29, 1.82) is 5.26 Å². The van der Waals surface area contributed by atoms with Gasteiger partial charge in [0.25, 0.3) is 0 Å². The van der Waals surface area contributed by atoms with Gasteiger partial charge in [0.05, 0.1) is 43.5 Å². The number of anilines is 2. The molecular formula is C35H44N8O2. The fourth-order valence-corrected chi connectivity index (χ4v) is 7.05. The number of hydrogen-bond acceptors (Lipinski definition) is 10. The summed E-state index contributed by atoms with van der Waals surface area (Å²) >= 11 is 0. The molecule has 3 aromatic rings. The van der Waals surface area contributed by atoms with Crippen LogP contribution in [-0.4, -0.2) is 93.1 Å². The Labute approximate surface area is 266 Å². The number of likely N-dealkylation sites (N-methyl/N-ethyl adjacent to an activating group) is 1. The van der Waals surface area contributed by atoms with Gasteiger partial charge in [0.1, 0.15) is 12.4 Å². The molecule has 0 spiro atoms. The minimum Gasteiger partial charge on any atom is -0.462 e. The van der Waals surface area contributed by atoms with Gasteiger partial charge in [0, 0.05) is 61.8 Å². The Balaban J connectivity index is 1.30. The normalized spacial score (nSPS) is 21.7. The molecule has 0 N–H and O–H groups in total. The van der Waals surface area contributed by atoms with Crippen LogP contribution in [0.5, 0.6) is 6.01 Å². The van der Waals surface area contributed by atoms with E-state index in [-0.39, 0.29) is 12.0 Å². The highest BCUT2D eigenvalue weighted by molar-refractivity contribution is 5.97. The molecule has 0 radical (unpaired) electrons. The molecule has 2 saturated heterocycles. The minimum absolute atomic E-state index is 0.00331. The molecule has 4 heterocycles. The molecule has 1 unspecified atom stereocenters. The van der Waals surface area contributed by atoms with Crippen molar-refractivity contribution in [2.24, 2.45) is 15.9 Å². The molecule has 2 aromatic carbocycles. The van der Waals surface area contributed by atoms with Crippen LogP contribution in [-0.2, 0) is 17.7 Å². The predicted molar refractivity (Wildman–Crippen MR) is 178 cm³/mol. The number of nitriles is 1. The van der Waals surface area contributed by atoms with Gasteiger partial charge in [0.2, 0.25) is 0 Å². The fraction of sp³-hybridized carbons (Fsp3) is 0.543. The third kappa shape index (κ3) is 6.96. The Morgan fingerprint density at radius 1 is 1.07 bits per heavy atom. The van der Waals surface area contributed by atoms with E-state index >= 15 is 0 Å². The first-order valence-corrected chi connectivity index (χ1v) is 16.2. The highest BCUT2D eigenvalue weighted by atomic mass is 16.5. The summed E-state index contributed by atoms with van der Waals surface area (Å²) in [6, 6.07) is 19.1. The SMILES string of the molecule is COCCN=C=NC1CCN(c2nc(OC[C@@H]3CCCN3C)nc3c2CCN(c2cccc4cccc(C)c24)C3)C[C@@H]1CC#N. The smallest absolute Gasteiger partial charge is 0.318 e. The summed E-state index contributed by atoms with van der Waals surface area (Å²) in [6.07, 6.45) is 4.38. The number of hydrogen-bond donors (Lipinski definition) is 0. The first kappa shape index (κ1) is 31.0. The topological polar surface area (TPSA) is 102 Å². The van der Waals surface area contributed by atoms with Gasteiger partial charge in [0.15, 0.2) is 0 Å². The zero-order valence-electron chi connectivity index (χ0n) is 26.8. The summed E-state index contributed by atoms with van der Waals surface area (Å²) in [5.41, 5.74) is 4.73. The van der Waals surface area contributed by atoms with Crippen LogP contribution in [0.1, 0.15) is 42.5 Å². The molecule has 3 aliphatic heterocycles. The molecule has 0 saturated carbocycles. The number of ether oxygens (including phenoxy) is 2. The quantitative estimate of drug-likeness (QED) is 0.237. The summed E-state index contributed by atoms with van der Waals surface area (Å²) in [5.74, 6) is 1.01. The van der Waals surface area contributed by atoms with E-state index in [0.717, 1.165) is 50.4 Å². The maximum Gasteiger partial charge on any atom is 0.318 e. The van der Waals surface area contributed by atoms with E-state index in [1.165, 1.54) is 34.0 Å². The molecule has 0 bridgehead atoms. The number of likely N-dealkylation sites (tertiary alicyclic amines) is 1. The van der Waals surface area contributed by atoms with Crippen LogP contribution in [0.4, 0.5) is 11.5 Å². The number of fused-ring (bicyclic) bond motifs is 2. The van der Waals surface area contributed by atoms with E-state index in [2.05, 4.69) is 87.1 Å². The number of benzene rings is 2. The minimum atomic E-state index is 0.00331. The standard InChI is InChI=1S/C35H44N8O2/c1-25-7-4-8-26-9-5-11-32(33(25)26)42-18-13-29-31(22-42)39-35(45-23-28-10-6-17-41(28)2)40-34(29)43-19-14-30(27(21-43)12-15-36)38-24-37-16-20-44-3/h4-5,7-9,11,27-28,30H,6,10,12-14,16-23H2,1-3H3/t27-,28-,30?/m0/s1. The third-order valence-electron chi connectivity index (χ3n) is 9.58. The van der Waals surface area contributed by atoms with Crippen molar-refractivity contribution in [1.82, 2.24) is 14.9 Å². The molecule has 6 rings (SSSR count). The van der Waals surface area contributed by atoms with Gasteiger partial charge in [-0.2, -0.15) is 15.2 Å². The first-order valence-electron chi connectivity index (χ1n) is 16.2. The highest BCUT2D eigenvalue weighted by Crippen LogP contribution is 2.37. The molecule has 0 amide bonds. The molecule has 10 nitrogen and oxygen atoms in total. The number of aromatic nitrogens is 2. The maximum absolute atomic E-state index is 9.67. The number of aliphatic imine (C=N–C) groups is 2. The number of piperidine rings is 1. The maximum atomic E-state index is 9.67. The van der Waals surface area contributed by atoms with Gasteiger partial charge >= 0.3 is 6.01 Å². The number of methoxy groups -OCH3 is 1. The Bertz CT molecular complexity index is 1590. The zero-order chi connectivity index (χ0) is 31.2. The van der Waals surface area contributed by atoms with Gasteiger partial charge in [-0.1, -0.05) is 30.3 Å². The Morgan fingerprint density at radius 2 is 1.93 bits per heavy atom. The zero-order valence-corrected chi connectivity index (χ0v) is 26.8. The summed E-state index contributed by atoms with van der Waals surface area (Å²) in [6.45, 7) is 7.99. The predicted octanol–water partition coefficient (Wildman–Crippen LogP) is 4.90. The Morgan fingerprint density at radius 3 is 2.73 bits per heavy atom. The average molecular weight is 609 g/mol. The van der Waals surface area contributed by atoms with Crippen molar-refractivity contribution in [3.8, 4) is 12.1 Å². The van der Waals surface area contributed by atoms with Crippen LogP contribution in [0.25, 0.3) is 10.8 Å². The Kier molecular flexibility index (Phi) is 9.90. The Hall–Kier alpha value is -4.03. The van der Waals surface area contributed by atoms with Crippen molar-refractivity contribution < 1.29 is 9.47 Å². The van der Waals surface area contributed by atoms with Crippen molar-refractivity contribution in [2.45, 2.75) is 57.7 Å². The van der Waals surface area contributed by atoms with E-state index in [9.17, 15) is 5.26 Å². The molecule has 1 aromatic heterocycles. The molecule has 0 aliphatic carbocycles. The summed E-state index contributed by atoms with van der Waals surface area (Å²) < 4.78 is 11.4. The summed E-state index contributed by atoms with van der Waals surface area (Å²) in [5, 5.41) is 12.2. The largest absolute Gasteiger partial charge is 0.462 e. The number of nitrogens with zero attached hydrogens (tertiary/aromatic N) is 8. The lowest BCUT2D eigenvalue weighted by Gasteiger charge is -2.39. The van der Waals surface area contributed by atoms with Crippen LogP contribution in [0, 0.1) is 24.2 Å². The van der Waals surface area contributed by atoms with Gasteiger partial charge in [-0.25, -0.2) is 9.98 Å². The first-order chi connectivity index (χ1) is 22.1. The van der Waals surface area contributed by atoms with Crippen molar-refractivity contribution in [3.05, 3.63) is 53.2 Å². The van der Waals surface area contributed by atoms with Crippen LogP contribution in [0.15, 0.2) is 46.4 Å². The number of rotatable bonds is 10. The molecule has 10 heteroatoms. The van der Waals surface area contributed by atoms with Crippen LogP contribution in [0.2, 0.25) is 0 Å². The monoisotopic (exact) mass is 608 g/mol. The van der Waals surface area contributed by atoms with Crippen molar-refractivity contribution in [3.63, 3.8) is 0 Å². The molecule has 3 atom stereocenters. The third-order valence-corrected chi connectivity index (χ3v) is 9.58. The average Bonchev–Trinajstić information content (AvgIpc) is 3.47. The molecular weight excluding hydrogens is 564 g/mol. The lowest BCUT2D eigenvalue weighted by molar-refractivity contribution is 0.187. The number of aryl methyl sites for hydroxylation is 1. The molecule has 2 fully saturated rings. The van der Waals surface area contributed by atoms with Crippen LogP contribution < -0.4 is 14.5 Å². The van der Waals surface area contributed by atoms with Crippen molar-refractivity contribution in [2.75, 3.05) is 69.9 Å². The lowest BCUT2D eigenvalue weighted by Crippen LogP contribution is -2.44. The van der Waals surface area contributed by atoms with Crippen LogP contribution in [0.3, 0.4) is 0 Å². The van der Waals surface area contributed by atoms with E-state index in [1.807, 2.05) is 0 Å². The molecule has 45 heavy (non-hydrogen) atoms. The van der Waals surface area contributed by atoms with Gasteiger partial charge in [-0.05, 0) is 63.2 Å². The lowest BCUT2D eigenvalue weighted by atomic mass is 9.89. The summed E-state index contributed by atoms with van der Waals surface area (Å²) in [7, 11) is 3.82. The highest BCUT2D eigenvalue weighted by Gasteiger charge is 2.33. The van der Waals surface area contributed by atoms with Gasteiger partial charge in [-0.15, -0.1) is 0 Å². The molecule has 236 valence electrons. The van der Waals surface area contributed by atoms with Gasteiger partial charge in [-0.3, -0.25) is 0 Å². The van der Waals surface area contributed by atoms with Gasteiger partial charge < -0.3 is 24.2 Å². The van der Waals surface area contributed by atoms with E-state index in [4.69, 9.17) is 19.4 Å². The van der Waals surface area contributed by atoms with Crippen LogP contribution >= 0.6 is 0 Å². The second kappa shape index (κ2) is 14.4.